The molecule has 0 saturated carbocycles. The Labute approximate surface area is 189 Å². The maximum Gasteiger partial charge on any atom is 0.224 e. The number of aryl methyl sites for hydroxylation is 1. The molecule has 0 aromatic heterocycles. The Kier molecular flexibility index (Phi) is 11.3. The monoisotopic (exact) mass is 512 g/mol. The van der Waals surface area contributed by atoms with Gasteiger partial charge in [0, 0.05) is 33.1 Å². The van der Waals surface area contributed by atoms with Gasteiger partial charge in [0.1, 0.15) is 5.82 Å². The molecule has 0 aliphatic rings. The number of nitrogens with one attached hydrogen (secondary N) is 2. The van der Waals surface area contributed by atoms with E-state index in [9.17, 15) is 9.18 Å². The molecule has 5 nitrogen and oxygen atoms in total. The molecule has 158 valence electrons. The van der Waals surface area contributed by atoms with Crippen molar-refractivity contribution in [2.24, 2.45) is 4.99 Å². The van der Waals surface area contributed by atoms with Gasteiger partial charge in [0.15, 0.2) is 5.96 Å². The third-order valence-corrected chi connectivity index (χ3v) is 4.32. The Morgan fingerprint density at radius 1 is 1.10 bits per heavy atom. The molecule has 7 heteroatoms. The number of nitrogens with zero attached hydrogens (tertiary/aromatic N) is 2. The van der Waals surface area contributed by atoms with Crippen LogP contribution in [0.2, 0.25) is 0 Å². The molecule has 2 N–H and O–H groups in total. The minimum absolute atomic E-state index is 0. The average molecular weight is 512 g/mol. The van der Waals surface area contributed by atoms with Gasteiger partial charge in [-0.1, -0.05) is 42.5 Å². The highest BCUT2D eigenvalue weighted by molar-refractivity contribution is 14.0. The van der Waals surface area contributed by atoms with Crippen molar-refractivity contribution in [2.45, 2.75) is 33.4 Å². The summed E-state index contributed by atoms with van der Waals surface area (Å²) in [5, 5.41) is 6.31. The van der Waals surface area contributed by atoms with Crippen molar-refractivity contribution in [2.75, 3.05) is 20.1 Å². The summed E-state index contributed by atoms with van der Waals surface area (Å²) in [5.41, 5.74) is 2.53. The highest BCUT2D eigenvalue weighted by Gasteiger charge is 2.09. The first-order valence-corrected chi connectivity index (χ1v) is 9.54. The maximum absolute atomic E-state index is 13.7. The normalized spacial score (nSPS) is 10.8. The van der Waals surface area contributed by atoms with Crippen LogP contribution in [0.1, 0.15) is 30.0 Å². The molecule has 0 radical (unpaired) electrons. The number of rotatable bonds is 8. The fourth-order valence-corrected chi connectivity index (χ4v) is 2.67. The second-order valence-corrected chi connectivity index (χ2v) is 6.69. The van der Waals surface area contributed by atoms with E-state index >= 15 is 0 Å². The highest BCUT2D eigenvalue weighted by atomic mass is 127. The molecule has 0 bridgehead atoms. The number of hydrogen-bond donors (Lipinski definition) is 2. The first kappa shape index (κ1) is 24.9. The van der Waals surface area contributed by atoms with E-state index in [1.165, 1.54) is 6.07 Å². The second-order valence-electron chi connectivity index (χ2n) is 6.69. The van der Waals surface area contributed by atoms with Crippen molar-refractivity contribution in [3.63, 3.8) is 0 Å². The first-order valence-electron chi connectivity index (χ1n) is 9.54. The van der Waals surface area contributed by atoms with Gasteiger partial charge in [-0.05, 0) is 36.6 Å². The third-order valence-electron chi connectivity index (χ3n) is 4.32. The molecule has 0 atom stereocenters. The maximum atomic E-state index is 13.7. The van der Waals surface area contributed by atoms with Gasteiger partial charge in [-0.2, -0.15) is 0 Å². The Morgan fingerprint density at radius 3 is 2.48 bits per heavy atom. The number of aliphatic imine (C=N–C) groups is 1. The molecular weight excluding hydrogens is 482 g/mol. The van der Waals surface area contributed by atoms with E-state index in [-0.39, 0.29) is 35.7 Å². The van der Waals surface area contributed by atoms with Crippen molar-refractivity contribution >= 4 is 35.8 Å². The Balaban J connectivity index is 0.00000420. The van der Waals surface area contributed by atoms with Gasteiger partial charge in [-0.15, -0.1) is 24.0 Å². The molecule has 0 aliphatic heterocycles. The van der Waals surface area contributed by atoms with Crippen LogP contribution in [0.3, 0.4) is 0 Å². The van der Waals surface area contributed by atoms with Gasteiger partial charge in [0.25, 0.3) is 0 Å². The smallest absolute Gasteiger partial charge is 0.224 e. The molecule has 2 rings (SSSR count). The summed E-state index contributed by atoms with van der Waals surface area (Å²) in [6.45, 7) is 5.85. The zero-order chi connectivity index (χ0) is 20.4. The SMILES string of the molecule is CCNC(=NCc1ccc(C)c(F)c1)NCCC(=O)N(C)Cc1ccccc1.I. The molecule has 0 heterocycles. The Bertz CT molecular complexity index is 799. The van der Waals surface area contributed by atoms with Crippen molar-refractivity contribution in [1.82, 2.24) is 15.5 Å². The van der Waals surface area contributed by atoms with E-state index in [4.69, 9.17) is 0 Å². The fraction of sp³-hybridized carbons (Fsp3) is 0.364. The van der Waals surface area contributed by atoms with E-state index in [0.717, 1.165) is 11.1 Å². The lowest BCUT2D eigenvalue weighted by Gasteiger charge is -2.18. The van der Waals surface area contributed by atoms with Crippen LogP contribution in [0.4, 0.5) is 4.39 Å². The zero-order valence-corrected chi connectivity index (χ0v) is 19.6. The summed E-state index contributed by atoms with van der Waals surface area (Å²) in [5.74, 6) is 0.451. The molecule has 2 aromatic rings. The molecule has 0 unspecified atom stereocenters. The van der Waals surface area contributed by atoms with Gasteiger partial charge < -0.3 is 15.5 Å². The first-order chi connectivity index (χ1) is 13.5. The van der Waals surface area contributed by atoms with E-state index in [2.05, 4.69) is 15.6 Å². The summed E-state index contributed by atoms with van der Waals surface area (Å²) in [6, 6.07) is 15.0. The van der Waals surface area contributed by atoms with Crippen molar-refractivity contribution < 1.29 is 9.18 Å². The summed E-state index contributed by atoms with van der Waals surface area (Å²) in [7, 11) is 1.81. The molecular formula is C22H30FIN4O. The van der Waals surface area contributed by atoms with Crippen LogP contribution in [0, 0.1) is 12.7 Å². The summed E-state index contributed by atoms with van der Waals surface area (Å²) in [6.07, 6.45) is 0.368. The Morgan fingerprint density at radius 2 is 1.83 bits per heavy atom. The number of halogens is 2. The minimum Gasteiger partial charge on any atom is -0.357 e. The quantitative estimate of drug-likeness (QED) is 0.321. The molecule has 2 aromatic carbocycles. The number of carbonyl (C=O) groups is 1. The van der Waals surface area contributed by atoms with Crippen LogP contribution in [0.5, 0.6) is 0 Å². The van der Waals surface area contributed by atoms with Gasteiger partial charge in [0.05, 0.1) is 6.54 Å². The molecule has 0 spiro atoms. The third kappa shape index (κ3) is 8.81. The summed E-state index contributed by atoms with van der Waals surface area (Å²) < 4.78 is 13.7. The van der Waals surface area contributed by atoms with Crippen LogP contribution in [0.25, 0.3) is 0 Å². The van der Waals surface area contributed by atoms with Crippen LogP contribution < -0.4 is 10.6 Å². The highest BCUT2D eigenvalue weighted by Crippen LogP contribution is 2.10. The number of guanidine groups is 1. The molecule has 1 amide bonds. The predicted octanol–water partition coefficient (Wildman–Crippen LogP) is 3.86. The van der Waals surface area contributed by atoms with Crippen molar-refractivity contribution in [1.29, 1.82) is 0 Å². The minimum atomic E-state index is -0.224. The van der Waals surface area contributed by atoms with Crippen molar-refractivity contribution in [3.8, 4) is 0 Å². The topological polar surface area (TPSA) is 56.7 Å². The van der Waals surface area contributed by atoms with Crippen LogP contribution >= 0.6 is 24.0 Å². The van der Waals surface area contributed by atoms with Crippen LogP contribution in [-0.4, -0.2) is 36.9 Å². The lowest BCUT2D eigenvalue weighted by atomic mass is 10.1. The lowest BCUT2D eigenvalue weighted by Crippen LogP contribution is -2.39. The molecule has 0 aliphatic carbocycles. The van der Waals surface area contributed by atoms with Gasteiger partial charge >= 0.3 is 0 Å². The molecule has 0 saturated heterocycles. The second kappa shape index (κ2) is 13.1. The number of carbonyl (C=O) groups excluding carboxylic acids is 1. The van der Waals surface area contributed by atoms with Crippen LogP contribution in [-0.2, 0) is 17.9 Å². The van der Waals surface area contributed by atoms with E-state index in [1.54, 1.807) is 24.9 Å². The number of benzene rings is 2. The van der Waals surface area contributed by atoms with E-state index in [1.807, 2.05) is 43.3 Å². The van der Waals surface area contributed by atoms with Crippen molar-refractivity contribution in [3.05, 3.63) is 71.0 Å². The fourth-order valence-electron chi connectivity index (χ4n) is 2.67. The zero-order valence-electron chi connectivity index (χ0n) is 17.2. The number of amides is 1. The standard InChI is InChI=1S/C22H29FN4O.HI/c1-4-24-22(26-15-19-11-10-17(2)20(23)14-19)25-13-12-21(28)27(3)16-18-8-6-5-7-9-18;/h5-11,14H,4,12-13,15-16H2,1-3H3,(H2,24,25,26);1H. The predicted molar refractivity (Wildman–Crippen MR) is 127 cm³/mol. The van der Waals surface area contributed by atoms with Gasteiger partial charge in [0.2, 0.25) is 5.91 Å². The summed E-state index contributed by atoms with van der Waals surface area (Å²) in [4.78, 5) is 18.5. The summed E-state index contributed by atoms with van der Waals surface area (Å²) >= 11 is 0. The average Bonchev–Trinajstić information content (AvgIpc) is 2.69. The molecule has 0 fully saturated rings. The molecule has 29 heavy (non-hydrogen) atoms. The largest absolute Gasteiger partial charge is 0.357 e. The van der Waals surface area contributed by atoms with Gasteiger partial charge in [-0.3, -0.25) is 4.79 Å². The van der Waals surface area contributed by atoms with E-state index in [0.29, 0.717) is 44.1 Å². The van der Waals surface area contributed by atoms with Gasteiger partial charge in [-0.25, -0.2) is 9.38 Å². The Hall–Kier alpha value is -2.16. The van der Waals surface area contributed by atoms with Crippen LogP contribution in [0.15, 0.2) is 53.5 Å². The lowest BCUT2D eigenvalue weighted by molar-refractivity contribution is -0.130. The van der Waals surface area contributed by atoms with E-state index < -0.39 is 0 Å². The number of hydrogen-bond acceptors (Lipinski definition) is 2.